The summed E-state index contributed by atoms with van der Waals surface area (Å²) in [6, 6.07) is 20.1. The number of nitrogens with one attached hydrogen (secondary N) is 1. The molecule has 3 aromatic carbocycles. The molecule has 4 rings (SSSR count). The van der Waals surface area contributed by atoms with Crippen LogP contribution in [0.25, 0.3) is 10.8 Å². The smallest absolute Gasteiger partial charge is 0.196 e. The molecular weight excluding hydrogens is 270 g/mol. The summed E-state index contributed by atoms with van der Waals surface area (Å²) in [6.45, 7) is 0. The highest BCUT2D eigenvalue weighted by Crippen LogP contribution is 2.43. The van der Waals surface area contributed by atoms with Crippen LogP contribution in [-0.2, 0) is 0 Å². The van der Waals surface area contributed by atoms with Gasteiger partial charge < -0.3 is 10.1 Å². The van der Waals surface area contributed by atoms with E-state index in [9.17, 15) is 0 Å². The summed E-state index contributed by atoms with van der Waals surface area (Å²) in [5.41, 5.74) is 2.12. The molecule has 0 radical (unpaired) electrons. The molecule has 1 aliphatic heterocycles. The second-order valence-corrected chi connectivity index (χ2v) is 5.30. The Balaban J connectivity index is 1.81. The fourth-order valence-electron chi connectivity index (χ4n) is 2.57. The molecule has 0 aliphatic carbocycles. The van der Waals surface area contributed by atoms with Gasteiger partial charge in [0.2, 0.25) is 0 Å². The lowest BCUT2D eigenvalue weighted by Gasteiger charge is -2.11. The van der Waals surface area contributed by atoms with Gasteiger partial charge in [0, 0.05) is 16.0 Å². The van der Waals surface area contributed by atoms with Crippen LogP contribution >= 0.6 is 11.6 Å². The fraction of sp³-hybridized carbons (Fsp3) is 0.0588. The molecular formula is C17H12ClNO. The Hall–Kier alpha value is -2.19. The van der Waals surface area contributed by atoms with Gasteiger partial charge in [0.1, 0.15) is 0 Å². The molecule has 98 valence electrons. The molecule has 1 N–H and O–H groups in total. The van der Waals surface area contributed by atoms with Gasteiger partial charge in [-0.1, -0.05) is 54.1 Å². The van der Waals surface area contributed by atoms with Crippen LogP contribution in [-0.4, -0.2) is 0 Å². The van der Waals surface area contributed by atoms with E-state index in [0.29, 0.717) is 0 Å². The number of benzene rings is 3. The van der Waals surface area contributed by atoms with Gasteiger partial charge in [0.25, 0.3) is 0 Å². The molecule has 3 aromatic rings. The van der Waals surface area contributed by atoms with Crippen LogP contribution in [0.15, 0.2) is 60.7 Å². The van der Waals surface area contributed by atoms with Crippen molar-refractivity contribution < 1.29 is 4.74 Å². The standard InChI is InChI=1S/C17H12ClNO/c18-13-8-6-11-7-9-15-16(14(11)10-13)20-17(19-15)12-4-2-1-3-5-12/h1-10,17,19H. The Bertz CT molecular complexity index is 786. The largest absolute Gasteiger partial charge is 0.464 e. The maximum Gasteiger partial charge on any atom is 0.196 e. The molecule has 1 heterocycles. The maximum absolute atomic E-state index is 6.10. The number of halogens is 1. The topological polar surface area (TPSA) is 21.3 Å². The number of hydrogen-bond acceptors (Lipinski definition) is 2. The molecule has 3 heteroatoms. The normalized spacial score (nSPS) is 16.6. The molecule has 1 atom stereocenters. The van der Waals surface area contributed by atoms with Gasteiger partial charge in [-0.3, -0.25) is 0 Å². The Labute approximate surface area is 121 Å². The molecule has 0 saturated carbocycles. The lowest BCUT2D eigenvalue weighted by Crippen LogP contribution is -2.09. The molecule has 0 fully saturated rings. The van der Waals surface area contributed by atoms with Crippen molar-refractivity contribution in [3.8, 4) is 5.75 Å². The highest BCUT2D eigenvalue weighted by Gasteiger charge is 2.24. The second kappa shape index (κ2) is 4.43. The summed E-state index contributed by atoms with van der Waals surface area (Å²) < 4.78 is 6.09. The SMILES string of the molecule is Clc1ccc2ccc3c(c2c1)OC(c1ccccc1)N3. The fourth-order valence-corrected chi connectivity index (χ4v) is 2.74. The maximum atomic E-state index is 6.10. The average molecular weight is 282 g/mol. The first kappa shape index (κ1) is 11.6. The van der Waals surface area contributed by atoms with E-state index in [2.05, 4.69) is 29.6 Å². The van der Waals surface area contributed by atoms with Gasteiger partial charge in [-0.2, -0.15) is 0 Å². The molecule has 2 nitrogen and oxygen atoms in total. The van der Waals surface area contributed by atoms with E-state index in [1.807, 2.05) is 36.4 Å². The number of fused-ring (bicyclic) bond motifs is 3. The van der Waals surface area contributed by atoms with Crippen molar-refractivity contribution >= 4 is 28.1 Å². The highest BCUT2D eigenvalue weighted by atomic mass is 35.5. The molecule has 1 unspecified atom stereocenters. The lowest BCUT2D eigenvalue weighted by molar-refractivity contribution is 0.262. The van der Waals surface area contributed by atoms with E-state index >= 15 is 0 Å². The first-order chi connectivity index (χ1) is 9.81. The van der Waals surface area contributed by atoms with Crippen LogP contribution in [0.1, 0.15) is 11.8 Å². The van der Waals surface area contributed by atoms with Crippen LogP contribution in [0, 0.1) is 0 Å². The molecule has 0 aromatic heterocycles. The number of anilines is 1. The van der Waals surface area contributed by atoms with Gasteiger partial charge >= 0.3 is 0 Å². The highest BCUT2D eigenvalue weighted by molar-refractivity contribution is 6.31. The summed E-state index contributed by atoms with van der Waals surface area (Å²) in [6.07, 6.45) is -0.143. The lowest BCUT2D eigenvalue weighted by atomic mass is 10.1. The molecule has 0 bridgehead atoms. The average Bonchev–Trinajstić information content (AvgIpc) is 2.93. The first-order valence-corrected chi connectivity index (χ1v) is 6.89. The van der Waals surface area contributed by atoms with Crippen LogP contribution in [0.5, 0.6) is 5.75 Å². The third kappa shape index (κ3) is 1.81. The minimum atomic E-state index is -0.143. The molecule has 0 spiro atoms. The van der Waals surface area contributed by atoms with Crippen molar-refractivity contribution in [3.63, 3.8) is 0 Å². The second-order valence-electron chi connectivity index (χ2n) is 4.86. The van der Waals surface area contributed by atoms with E-state index < -0.39 is 0 Å². The monoisotopic (exact) mass is 281 g/mol. The van der Waals surface area contributed by atoms with Gasteiger partial charge in [-0.25, -0.2) is 0 Å². The predicted octanol–water partition coefficient (Wildman–Crippen LogP) is 5.00. The zero-order chi connectivity index (χ0) is 13.5. The van der Waals surface area contributed by atoms with Crippen molar-refractivity contribution in [3.05, 3.63) is 71.2 Å². The number of rotatable bonds is 1. The van der Waals surface area contributed by atoms with E-state index in [-0.39, 0.29) is 6.23 Å². The molecule has 1 aliphatic rings. The summed E-state index contributed by atoms with van der Waals surface area (Å²) in [4.78, 5) is 0. The van der Waals surface area contributed by atoms with Gasteiger partial charge in [0.15, 0.2) is 12.0 Å². The van der Waals surface area contributed by atoms with E-state index in [1.54, 1.807) is 0 Å². The van der Waals surface area contributed by atoms with Crippen LogP contribution in [0.3, 0.4) is 0 Å². The van der Waals surface area contributed by atoms with Crippen LogP contribution in [0.2, 0.25) is 5.02 Å². The summed E-state index contributed by atoms with van der Waals surface area (Å²) >= 11 is 6.10. The molecule has 20 heavy (non-hydrogen) atoms. The quantitative estimate of drug-likeness (QED) is 0.678. The summed E-state index contributed by atoms with van der Waals surface area (Å²) in [5, 5.41) is 6.29. The van der Waals surface area contributed by atoms with Gasteiger partial charge in [-0.05, 0) is 23.6 Å². The Morgan fingerprint density at radius 2 is 1.75 bits per heavy atom. The van der Waals surface area contributed by atoms with Crippen LogP contribution in [0.4, 0.5) is 5.69 Å². The molecule has 0 saturated heterocycles. The summed E-state index contributed by atoms with van der Waals surface area (Å²) in [5.74, 6) is 0.874. The Morgan fingerprint density at radius 3 is 2.60 bits per heavy atom. The Morgan fingerprint density at radius 1 is 0.950 bits per heavy atom. The van der Waals surface area contributed by atoms with Crippen molar-refractivity contribution in [1.29, 1.82) is 0 Å². The van der Waals surface area contributed by atoms with Gasteiger partial charge in [-0.15, -0.1) is 0 Å². The van der Waals surface area contributed by atoms with Crippen LogP contribution < -0.4 is 10.1 Å². The predicted molar refractivity (Wildman–Crippen MR) is 82.4 cm³/mol. The number of hydrogen-bond donors (Lipinski definition) is 1. The minimum absolute atomic E-state index is 0.143. The van der Waals surface area contributed by atoms with E-state index in [0.717, 1.165) is 32.8 Å². The zero-order valence-electron chi connectivity index (χ0n) is 10.6. The van der Waals surface area contributed by atoms with E-state index in [4.69, 9.17) is 16.3 Å². The molecule has 0 amide bonds. The zero-order valence-corrected chi connectivity index (χ0v) is 11.4. The van der Waals surface area contributed by atoms with Gasteiger partial charge in [0.05, 0.1) is 5.69 Å². The van der Waals surface area contributed by atoms with Crippen molar-refractivity contribution in [2.24, 2.45) is 0 Å². The number of ether oxygens (including phenoxy) is 1. The van der Waals surface area contributed by atoms with Crippen molar-refractivity contribution in [2.45, 2.75) is 6.23 Å². The minimum Gasteiger partial charge on any atom is -0.464 e. The Kier molecular flexibility index (Phi) is 2.57. The third-order valence-corrected chi connectivity index (χ3v) is 3.79. The first-order valence-electron chi connectivity index (χ1n) is 6.52. The van der Waals surface area contributed by atoms with E-state index in [1.165, 1.54) is 0 Å². The summed E-state index contributed by atoms with van der Waals surface area (Å²) in [7, 11) is 0. The van der Waals surface area contributed by atoms with Crippen molar-refractivity contribution in [1.82, 2.24) is 0 Å². The third-order valence-electron chi connectivity index (χ3n) is 3.56. The van der Waals surface area contributed by atoms with Crippen molar-refractivity contribution in [2.75, 3.05) is 5.32 Å².